The van der Waals surface area contributed by atoms with Gasteiger partial charge < -0.3 is 16.2 Å². The molecule has 17 heavy (non-hydrogen) atoms. The van der Waals surface area contributed by atoms with Gasteiger partial charge in [0.2, 0.25) is 5.91 Å². The van der Waals surface area contributed by atoms with Crippen LogP contribution in [0.25, 0.3) is 0 Å². The number of nitrogens with two attached hydrogens (primary N) is 1. The van der Waals surface area contributed by atoms with Gasteiger partial charge in [-0.05, 0) is 31.5 Å². The molecule has 0 fully saturated rings. The number of carbonyl (C=O) groups is 1. The number of halogens is 1. The third-order valence-electron chi connectivity index (χ3n) is 2.58. The number of rotatable bonds is 5. The van der Waals surface area contributed by atoms with E-state index in [2.05, 4.69) is 5.32 Å². The molecule has 5 heteroatoms. The van der Waals surface area contributed by atoms with Gasteiger partial charge in [-0.3, -0.25) is 4.79 Å². The van der Waals surface area contributed by atoms with E-state index in [-0.39, 0.29) is 11.7 Å². The molecule has 0 heterocycles. The van der Waals surface area contributed by atoms with Crippen LogP contribution < -0.4 is 11.1 Å². The van der Waals surface area contributed by atoms with Crippen molar-refractivity contribution in [2.75, 3.05) is 6.54 Å². The molecule has 4 N–H and O–H groups in total. The van der Waals surface area contributed by atoms with E-state index in [4.69, 9.17) is 17.3 Å². The Hall–Kier alpha value is -1.26. The summed E-state index contributed by atoms with van der Waals surface area (Å²) in [6.45, 7) is 4.62. The van der Waals surface area contributed by atoms with Crippen LogP contribution in [0.2, 0.25) is 5.02 Å². The van der Waals surface area contributed by atoms with E-state index in [9.17, 15) is 9.90 Å². The van der Waals surface area contributed by atoms with E-state index in [1.54, 1.807) is 32.0 Å². The van der Waals surface area contributed by atoms with Crippen LogP contribution in [0.4, 0.5) is 0 Å². The molecule has 0 radical (unpaired) electrons. The van der Waals surface area contributed by atoms with Crippen molar-refractivity contribution < 1.29 is 9.90 Å². The van der Waals surface area contributed by atoms with Crippen LogP contribution in [0.1, 0.15) is 19.4 Å². The first-order chi connectivity index (χ1) is 7.83. The Balaban J connectivity index is 2.51. The molecule has 1 amide bonds. The number of hydrogen-bond donors (Lipinski definition) is 3. The fraction of sp³-hybridized carbons (Fsp3) is 0.417. The van der Waals surface area contributed by atoms with E-state index in [0.717, 1.165) is 5.56 Å². The molecule has 0 saturated heterocycles. The maximum atomic E-state index is 11.1. The van der Waals surface area contributed by atoms with E-state index in [1.165, 1.54) is 0 Å². The lowest BCUT2D eigenvalue weighted by molar-refractivity contribution is -0.125. The average molecular weight is 257 g/mol. The Morgan fingerprint density at radius 3 is 2.71 bits per heavy atom. The first-order valence-electron chi connectivity index (χ1n) is 5.31. The molecule has 0 aliphatic heterocycles. The number of nitrogens with one attached hydrogen (secondary N) is 1. The number of amides is 1. The van der Waals surface area contributed by atoms with Crippen molar-refractivity contribution in [3.05, 3.63) is 28.8 Å². The Kier molecular flexibility index (Phi) is 4.37. The van der Waals surface area contributed by atoms with Gasteiger partial charge >= 0.3 is 0 Å². The van der Waals surface area contributed by atoms with Crippen molar-refractivity contribution in [2.24, 2.45) is 11.1 Å². The SMILES string of the molecule is CC(C)(CNCc1ccc(O)c(Cl)c1)C(N)=O. The predicted molar refractivity (Wildman–Crippen MR) is 67.8 cm³/mol. The zero-order valence-corrected chi connectivity index (χ0v) is 10.7. The van der Waals surface area contributed by atoms with Crippen LogP contribution in [-0.2, 0) is 11.3 Å². The minimum Gasteiger partial charge on any atom is -0.506 e. The number of aromatic hydroxyl groups is 1. The minimum atomic E-state index is -0.583. The van der Waals surface area contributed by atoms with Gasteiger partial charge in [-0.2, -0.15) is 0 Å². The summed E-state index contributed by atoms with van der Waals surface area (Å²) in [5.41, 5.74) is 5.62. The zero-order chi connectivity index (χ0) is 13.1. The van der Waals surface area contributed by atoms with E-state index >= 15 is 0 Å². The number of phenols is 1. The molecular formula is C12H17ClN2O2. The molecule has 0 spiro atoms. The van der Waals surface area contributed by atoms with E-state index in [0.29, 0.717) is 18.1 Å². The highest BCUT2D eigenvalue weighted by atomic mass is 35.5. The summed E-state index contributed by atoms with van der Waals surface area (Å²) in [5, 5.41) is 12.7. The molecule has 1 rings (SSSR count). The normalized spacial score (nSPS) is 11.5. The second kappa shape index (κ2) is 5.38. The highest BCUT2D eigenvalue weighted by Crippen LogP contribution is 2.23. The smallest absolute Gasteiger partial charge is 0.224 e. The Labute approximate surface area is 106 Å². The molecule has 0 aromatic heterocycles. The number of primary amides is 1. The number of benzene rings is 1. The second-order valence-corrected chi connectivity index (χ2v) is 5.04. The van der Waals surface area contributed by atoms with Gasteiger partial charge in [-0.25, -0.2) is 0 Å². The Bertz CT molecular complexity index is 419. The average Bonchev–Trinajstić information content (AvgIpc) is 2.23. The molecule has 1 aromatic carbocycles. The van der Waals surface area contributed by atoms with Crippen molar-refractivity contribution in [3.63, 3.8) is 0 Å². The lowest BCUT2D eigenvalue weighted by atomic mass is 9.93. The molecular weight excluding hydrogens is 240 g/mol. The van der Waals surface area contributed by atoms with Crippen LogP contribution >= 0.6 is 11.6 Å². The van der Waals surface area contributed by atoms with Crippen molar-refractivity contribution >= 4 is 17.5 Å². The summed E-state index contributed by atoms with van der Waals surface area (Å²) in [4.78, 5) is 11.1. The fourth-order valence-corrected chi connectivity index (χ4v) is 1.47. The summed E-state index contributed by atoms with van der Waals surface area (Å²) in [6.07, 6.45) is 0. The van der Waals surface area contributed by atoms with Crippen LogP contribution in [0.3, 0.4) is 0 Å². The minimum absolute atomic E-state index is 0.0629. The monoisotopic (exact) mass is 256 g/mol. The van der Waals surface area contributed by atoms with E-state index in [1.807, 2.05) is 0 Å². The first-order valence-corrected chi connectivity index (χ1v) is 5.69. The molecule has 0 unspecified atom stereocenters. The molecule has 0 aliphatic rings. The third kappa shape index (κ3) is 3.91. The van der Waals surface area contributed by atoms with Crippen molar-refractivity contribution in [3.8, 4) is 5.75 Å². The van der Waals surface area contributed by atoms with Crippen LogP contribution in [-0.4, -0.2) is 17.6 Å². The highest BCUT2D eigenvalue weighted by Gasteiger charge is 2.23. The van der Waals surface area contributed by atoms with Crippen LogP contribution in [0.5, 0.6) is 5.75 Å². The number of phenolic OH excluding ortho intramolecular Hbond substituents is 1. The van der Waals surface area contributed by atoms with E-state index < -0.39 is 5.41 Å². The molecule has 94 valence electrons. The zero-order valence-electron chi connectivity index (χ0n) is 9.96. The van der Waals surface area contributed by atoms with Gasteiger partial charge in [0.15, 0.2) is 0 Å². The summed E-state index contributed by atoms with van der Waals surface area (Å²) in [7, 11) is 0. The van der Waals surface area contributed by atoms with Gasteiger partial charge in [0.25, 0.3) is 0 Å². The maximum absolute atomic E-state index is 11.1. The standard InChI is InChI=1S/C12H17ClN2O2/c1-12(2,11(14)17)7-15-6-8-3-4-10(16)9(13)5-8/h3-5,15-16H,6-7H2,1-2H3,(H2,14,17). The summed E-state index contributed by atoms with van der Waals surface area (Å²) < 4.78 is 0. The van der Waals surface area contributed by atoms with Gasteiger partial charge in [0, 0.05) is 13.1 Å². The van der Waals surface area contributed by atoms with Crippen LogP contribution in [0.15, 0.2) is 18.2 Å². The largest absolute Gasteiger partial charge is 0.506 e. The Morgan fingerprint density at radius 1 is 1.53 bits per heavy atom. The Morgan fingerprint density at radius 2 is 2.18 bits per heavy atom. The van der Waals surface area contributed by atoms with Crippen molar-refractivity contribution in [1.29, 1.82) is 0 Å². The first kappa shape index (κ1) is 13.8. The number of carbonyl (C=O) groups excluding carboxylic acids is 1. The third-order valence-corrected chi connectivity index (χ3v) is 2.88. The molecule has 1 aromatic rings. The van der Waals surface area contributed by atoms with Gasteiger partial charge in [0.05, 0.1) is 10.4 Å². The summed E-state index contributed by atoms with van der Waals surface area (Å²) in [5.74, 6) is -0.276. The quantitative estimate of drug-likeness (QED) is 0.750. The molecule has 0 aliphatic carbocycles. The molecule has 4 nitrogen and oxygen atoms in total. The van der Waals surface area contributed by atoms with Gasteiger partial charge in [-0.15, -0.1) is 0 Å². The molecule has 0 bridgehead atoms. The lowest BCUT2D eigenvalue weighted by Gasteiger charge is -2.20. The van der Waals surface area contributed by atoms with Gasteiger partial charge in [-0.1, -0.05) is 17.7 Å². The number of hydrogen-bond acceptors (Lipinski definition) is 3. The molecule has 0 atom stereocenters. The molecule has 0 saturated carbocycles. The fourth-order valence-electron chi connectivity index (χ4n) is 1.27. The second-order valence-electron chi connectivity index (χ2n) is 4.64. The van der Waals surface area contributed by atoms with Crippen molar-refractivity contribution in [2.45, 2.75) is 20.4 Å². The topological polar surface area (TPSA) is 75.3 Å². The van der Waals surface area contributed by atoms with Crippen LogP contribution in [0, 0.1) is 5.41 Å². The lowest BCUT2D eigenvalue weighted by Crippen LogP contribution is -2.40. The summed E-state index contributed by atoms with van der Waals surface area (Å²) >= 11 is 5.78. The van der Waals surface area contributed by atoms with Crippen molar-refractivity contribution in [1.82, 2.24) is 5.32 Å². The summed E-state index contributed by atoms with van der Waals surface area (Å²) in [6, 6.07) is 4.99. The predicted octanol–water partition coefficient (Wildman–Crippen LogP) is 1.65. The maximum Gasteiger partial charge on any atom is 0.224 e. The van der Waals surface area contributed by atoms with Gasteiger partial charge in [0.1, 0.15) is 5.75 Å². The highest BCUT2D eigenvalue weighted by molar-refractivity contribution is 6.32.